The third-order valence-electron chi connectivity index (χ3n) is 13.3. The molecule has 0 aromatic carbocycles. The summed E-state index contributed by atoms with van der Waals surface area (Å²) in [6.45, 7) is 8.17. The number of hydrogen-bond donors (Lipinski definition) is 0. The first-order valence-electron chi connectivity index (χ1n) is 20.0. The maximum absolute atomic E-state index is 14.7. The van der Waals surface area contributed by atoms with Gasteiger partial charge in [-0.3, -0.25) is 9.59 Å². The van der Waals surface area contributed by atoms with Crippen LogP contribution in [0.15, 0.2) is 23.8 Å². The van der Waals surface area contributed by atoms with Crippen LogP contribution in [0.3, 0.4) is 0 Å². The number of esters is 1. The van der Waals surface area contributed by atoms with Crippen molar-refractivity contribution in [1.82, 2.24) is 4.90 Å². The summed E-state index contributed by atoms with van der Waals surface area (Å²) < 4.78 is 49.5. The Kier molecular flexibility index (Phi) is 13.4. The third-order valence-corrected chi connectivity index (χ3v) is 13.3. The quantitative estimate of drug-likeness (QED) is 0.222. The van der Waals surface area contributed by atoms with Crippen LogP contribution < -0.4 is 0 Å². The van der Waals surface area contributed by atoms with Crippen LogP contribution in [-0.2, 0) is 47.5 Å². The lowest BCUT2D eigenvalue weighted by molar-refractivity contribution is -0.314. The van der Waals surface area contributed by atoms with Crippen molar-refractivity contribution in [1.29, 1.82) is 0 Å². The van der Waals surface area contributed by atoms with Gasteiger partial charge >= 0.3 is 5.97 Å². The summed E-state index contributed by atoms with van der Waals surface area (Å²) in [7, 11) is 9.15. The average Bonchev–Trinajstić information content (AvgIpc) is 3.70. The number of carbonyl (C=O) groups excluding carboxylic acids is 2. The molecule has 0 N–H and O–H groups in total. The summed E-state index contributed by atoms with van der Waals surface area (Å²) in [6, 6.07) is 0.339. The number of methoxy groups -OCH3 is 3. The van der Waals surface area contributed by atoms with Gasteiger partial charge in [-0.25, -0.2) is 0 Å². The lowest BCUT2D eigenvalue weighted by Crippen LogP contribution is -2.59. The topological polar surface area (TPSA) is 111 Å². The smallest absolute Gasteiger partial charge is 0.306 e. The fourth-order valence-corrected chi connectivity index (χ4v) is 10.4. The first-order chi connectivity index (χ1) is 25.0. The number of rotatable bonds is 9. The first-order valence-corrected chi connectivity index (χ1v) is 20.0. The average molecular weight is 732 g/mol. The molecule has 3 aliphatic carbocycles. The number of fused-ring (bicyclic) bond motifs is 5. The molecular formula is C41H65NO10. The van der Waals surface area contributed by atoms with E-state index >= 15 is 0 Å². The van der Waals surface area contributed by atoms with E-state index in [0.29, 0.717) is 18.4 Å². The van der Waals surface area contributed by atoms with Gasteiger partial charge in [-0.15, -0.1) is 0 Å². The van der Waals surface area contributed by atoms with Crippen molar-refractivity contribution in [2.45, 2.75) is 153 Å². The number of nitrogens with zero attached hydrogens (tertiary/aromatic N) is 1. The van der Waals surface area contributed by atoms with E-state index in [2.05, 4.69) is 51.1 Å². The Morgan fingerprint density at radius 2 is 1.58 bits per heavy atom. The van der Waals surface area contributed by atoms with E-state index in [-0.39, 0.29) is 96.8 Å². The van der Waals surface area contributed by atoms with E-state index in [9.17, 15) is 9.59 Å². The van der Waals surface area contributed by atoms with E-state index in [0.717, 1.165) is 50.5 Å². The third kappa shape index (κ3) is 8.27. The van der Waals surface area contributed by atoms with E-state index < -0.39 is 12.4 Å². The number of ketones is 1. The molecule has 1 saturated carbocycles. The molecule has 11 heteroatoms. The molecule has 4 fully saturated rings. The summed E-state index contributed by atoms with van der Waals surface area (Å²) in [5, 5.41) is 0. The molecule has 0 aromatic heterocycles. The van der Waals surface area contributed by atoms with E-state index in [1.54, 1.807) is 21.3 Å². The van der Waals surface area contributed by atoms with E-state index in [4.69, 9.17) is 37.9 Å². The number of Topliss-reactive ketones (excluding diaryl/α,β-unsaturated/α-hetero) is 1. The van der Waals surface area contributed by atoms with Crippen molar-refractivity contribution in [2.24, 2.45) is 35.5 Å². The highest BCUT2D eigenvalue weighted by molar-refractivity contribution is 5.99. The molecule has 0 unspecified atom stereocenters. The van der Waals surface area contributed by atoms with Crippen LogP contribution in [0, 0.1) is 35.5 Å². The minimum atomic E-state index is -0.594. The Hall–Kier alpha value is -1.70. The molecular weight excluding hydrogens is 666 g/mol. The fourth-order valence-electron chi connectivity index (χ4n) is 10.4. The molecule has 0 aromatic rings. The lowest BCUT2D eigenvalue weighted by Gasteiger charge is -2.44. The number of likely N-dealkylation sites (N-methyl/N-ethyl adjacent to an activating group) is 1. The van der Waals surface area contributed by atoms with Crippen LogP contribution in [0.1, 0.15) is 85.5 Å². The van der Waals surface area contributed by atoms with Crippen molar-refractivity contribution < 1.29 is 47.5 Å². The van der Waals surface area contributed by atoms with Gasteiger partial charge in [0, 0.05) is 39.2 Å². The Morgan fingerprint density at radius 3 is 2.25 bits per heavy atom. The van der Waals surface area contributed by atoms with Crippen molar-refractivity contribution in [3.8, 4) is 0 Å². The van der Waals surface area contributed by atoms with Gasteiger partial charge in [0.15, 0.2) is 18.4 Å². The predicted octanol–water partition coefficient (Wildman–Crippen LogP) is 5.49. The SMILES string of the molecule is CC[C@@H]1CCC[C@H](O[C@@H]2CC[C@H](N(C)C)[C@H](C)O2)[C@@H](C)C(=O)C2=C[C@@H]3[C@@H](C=C[C@@H]4C[C@@H](O[C@@H]5O[C@H](C)[C@H](OC)[C@H](OC)[C@H]5OC)C[C@@H]34)[C@@H]2CC(=O)O1. The molecule has 3 heterocycles. The molecule has 3 saturated heterocycles. The Balaban J connectivity index is 1.20. The van der Waals surface area contributed by atoms with Gasteiger partial charge in [-0.05, 0) is 109 Å². The highest BCUT2D eigenvalue weighted by Gasteiger charge is 2.52. The van der Waals surface area contributed by atoms with Gasteiger partial charge < -0.3 is 42.8 Å². The number of allylic oxidation sites excluding steroid dienone is 4. The highest BCUT2D eigenvalue weighted by atomic mass is 16.7. The predicted molar refractivity (Wildman–Crippen MR) is 194 cm³/mol. The van der Waals surface area contributed by atoms with Crippen LogP contribution in [0.25, 0.3) is 0 Å². The second-order valence-corrected chi connectivity index (χ2v) is 16.5. The largest absolute Gasteiger partial charge is 0.462 e. The molecule has 0 amide bonds. The maximum atomic E-state index is 14.7. The number of ether oxygens (including phenoxy) is 8. The van der Waals surface area contributed by atoms with Crippen molar-refractivity contribution in [2.75, 3.05) is 35.4 Å². The van der Waals surface area contributed by atoms with Crippen LogP contribution in [0.2, 0.25) is 0 Å². The zero-order chi connectivity index (χ0) is 37.3. The summed E-state index contributed by atoms with van der Waals surface area (Å²) in [5.74, 6) is 0.0198. The lowest BCUT2D eigenvalue weighted by atomic mass is 9.70. The standard InChI is InChI=1S/C41H65NO10/c1-10-26-12-11-13-34(52-36-17-16-33(42(5)6)23(3)48-36)22(2)37(44)32-20-30-28(31(32)21-35(43)50-26)15-14-25-18-27(19-29(25)30)51-41-40(47-9)39(46-8)38(45-7)24(4)49-41/h14-15,20,22-31,33-34,36,38-41H,10-13,16-19,21H2,1-9H3/t22-,23+,24-,25-,26-,27-,28-,29-,30-,31+,33+,34+,36-,38+,39+,40-,41+/m1/s1. The van der Waals surface area contributed by atoms with Crippen LogP contribution in [-0.4, -0.2) is 120 Å². The van der Waals surface area contributed by atoms with Gasteiger partial charge in [0.1, 0.15) is 24.4 Å². The van der Waals surface area contributed by atoms with Gasteiger partial charge in [0.2, 0.25) is 0 Å². The van der Waals surface area contributed by atoms with Crippen LogP contribution in [0.5, 0.6) is 0 Å². The summed E-state index contributed by atoms with van der Waals surface area (Å²) in [4.78, 5) is 30.4. The number of hydrogen-bond acceptors (Lipinski definition) is 11. The molecule has 6 rings (SSSR count). The van der Waals surface area contributed by atoms with Gasteiger partial charge in [-0.1, -0.05) is 32.1 Å². The number of carbonyl (C=O) groups is 2. The molecule has 6 aliphatic rings. The van der Waals surface area contributed by atoms with Gasteiger partial charge in [0.05, 0.1) is 30.8 Å². The minimum Gasteiger partial charge on any atom is -0.462 e. The molecule has 294 valence electrons. The summed E-state index contributed by atoms with van der Waals surface area (Å²) in [6.07, 6.45) is 10.8. The Bertz CT molecular complexity index is 1290. The summed E-state index contributed by atoms with van der Waals surface area (Å²) in [5.41, 5.74) is 0.763. The van der Waals surface area contributed by atoms with Crippen molar-refractivity contribution in [3.05, 3.63) is 23.8 Å². The Labute approximate surface area is 311 Å². The van der Waals surface area contributed by atoms with Gasteiger partial charge in [-0.2, -0.15) is 0 Å². The maximum Gasteiger partial charge on any atom is 0.306 e. The normalized spacial score (nSPS) is 45.7. The molecule has 3 aliphatic heterocycles. The second kappa shape index (κ2) is 17.4. The second-order valence-electron chi connectivity index (χ2n) is 16.5. The fraction of sp³-hybridized carbons (Fsp3) is 0.854. The highest BCUT2D eigenvalue weighted by Crippen LogP contribution is 2.54. The van der Waals surface area contributed by atoms with E-state index in [1.807, 2.05) is 13.8 Å². The molecule has 0 radical (unpaired) electrons. The van der Waals surface area contributed by atoms with Crippen LogP contribution in [0.4, 0.5) is 0 Å². The summed E-state index contributed by atoms with van der Waals surface area (Å²) >= 11 is 0. The first kappa shape index (κ1) is 40.0. The molecule has 0 bridgehead atoms. The van der Waals surface area contributed by atoms with Crippen LogP contribution >= 0.6 is 0 Å². The zero-order valence-electron chi connectivity index (χ0n) is 32.9. The van der Waals surface area contributed by atoms with Crippen molar-refractivity contribution >= 4 is 11.8 Å². The molecule has 11 nitrogen and oxygen atoms in total. The minimum absolute atomic E-state index is 0.0380. The van der Waals surface area contributed by atoms with E-state index in [1.165, 1.54) is 0 Å². The zero-order valence-corrected chi connectivity index (χ0v) is 32.9. The Morgan fingerprint density at radius 1 is 0.827 bits per heavy atom. The van der Waals surface area contributed by atoms with Gasteiger partial charge in [0.25, 0.3) is 0 Å². The van der Waals surface area contributed by atoms with Crippen molar-refractivity contribution in [3.63, 3.8) is 0 Å². The molecule has 17 atom stereocenters. The molecule has 0 spiro atoms. The monoisotopic (exact) mass is 731 g/mol. The number of cyclic esters (lactones) is 1. The molecule has 52 heavy (non-hydrogen) atoms.